The molecule has 0 fully saturated rings. The SMILES string of the molecule is [CH2]C(Oc1cccc(N2CCN(C)c3nc(NCC)ncc3C2=O)c1)C(C)C. The lowest BCUT2D eigenvalue weighted by molar-refractivity contribution is 0.0989. The molecule has 2 aromatic rings. The fourth-order valence-corrected chi connectivity index (χ4v) is 2.94. The van der Waals surface area contributed by atoms with Crippen LogP contribution in [-0.4, -0.2) is 48.7 Å². The number of aromatic nitrogens is 2. The quantitative estimate of drug-likeness (QED) is 0.827. The summed E-state index contributed by atoms with van der Waals surface area (Å²) in [6.07, 6.45) is 1.45. The number of benzene rings is 1. The van der Waals surface area contributed by atoms with E-state index in [0.717, 1.165) is 12.2 Å². The van der Waals surface area contributed by atoms with Gasteiger partial charge in [0.25, 0.3) is 5.91 Å². The summed E-state index contributed by atoms with van der Waals surface area (Å²) in [5, 5.41) is 3.09. The van der Waals surface area contributed by atoms with Gasteiger partial charge in [-0.1, -0.05) is 19.9 Å². The number of nitrogens with one attached hydrogen (secondary N) is 1. The van der Waals surface area contributed by atoms with Crippen LogP contribution in [0.15, 0.2) is 30.5 Å². The molecule has 1 aromatic carbocycles. The summed E-state index contributed by atoms with van der Waals surface area (Å²) in [7, 11) is 1.94. The van der Waals surface area contributed by atoms with Crippen LogP contribution < -0.4 is 19.9 Å². The Labute approximate surface area is 166 Å². The van der Waals surface area contributed by atoms with Crippen LogP contribution in [0.3, 0.4) is 0 Å². The number of hydrogen-bond donors (Lipinski definition) is 1. The first kappa shape index (κ1) is 19.9. The largest absolute Gasteiger partial charge is 0.490 e. The molecule has 0 spiro atoms. The fourth-order valence-electron chi connectivity index (χ4n) is 2.94. The monoisotopic (exact) mass is 382 g/mol. The molecule has 1 radical (unpaired) electrons. The molecule has 1 atom stereocenters. The highest BCUT2D eigenvalue weighted by Crippen LogP contribution is 2.29. The second-order valence-electron chi connectivity index (χ2n) is 7.24. The molecule has 2 heterocycles. The number of hydrogen-bond acceptors (Lipinski definition) is 6. The molecule has 28 heavy (non-hydrogen) atoms. The Bertz CT molecular complexity index is 839. The number of nitrogens with zero attached hydrogens (tertiary/aromatic N) is 4. The van der Waals surface area contributed by atoms with Crippen LogP contribution >= 0.6 is 0 Å². The number of amides is 1. The maximum atomic E-state index is 13.2. The molecule has 1 amide bonds. The number of fused-ring (bicyclic) bond motifs is 1. The van der Waals surface area contributed by atoms with Crippen LogP contribution in [0.1, 0.15) is 31.1 Å². The molecule has 1 aromatic heterocycles. The second kappa shape index (κ2) is 8.46. The van der Waals surface area contributed by atoms with Crippen LogP contribution in [0.4, 0.5) is 17.5 Å². The number of carbonyl (C=O) groups is 1. The fraction of sp³-hybridized carbons (Fsp3) is 0.429. The molecule has 3 rings (SSSR count). The number of anilines is 3. The minimum atomic E-state index is -0.153. The lowest BCUT2D eigenvalue weighted by atomic mass is 10.1. The standard InChI is InChI=1S/C21H28N5O2/c1-6-22-21-23-13-18-19(24-21)25(5)10-11-26(20(18)27)16-8-7-9-17(12-16)28-15(4)14(2)3/h7-9,12-15H,4,6,10-11H2,1-3,5H3,(H,22,23,24). The van der Waals surface area contributed by atoms with E-state index in [1.54, 1.807) is 11.1 Å². The average Bonchev–Trinajstić information content (AvgIpc) is 2.79. The van der Waals surface area contributed by atoms with Crippen molar-refractivity contribution in [2.75, 3.05) is 41.8 Å². The van der Waals surface area contributed by atoms with Gasteiger partial charge in [0.15, 0.2) is 0 Å². The molecule has 0 aliphatic carbocycles. The lowest BCUT2D eigenvalue weighted by Crippen LogP contribution is -2.33. The van der Waals surface area contributed by atoms with Crippen LogP contribution in [-0.2, 0) is 0 Å². The van der Waals surface area contributed by atoms with Crippen molar-refractivity contribution >= 4 is 23.4 Å². The van der Waals surface area contributed by atoms with Gasteiger partial charge in [-0.15, -0.1) is 0 Å². The van der Waals surface area contributed by atoms with Gasteiger partial charge in [-0.2, -0.15) is 4.98 Å². The Hall–Kier alpha value is -2.83. The summed E-state index contributed by atoms with van der Waals surface area (Å²) in [5.41, 5.74) is 1.28. The molecule has 0 saturated heterocycles. The highest BCUT2D eigenvalue weighted by molar-refractivity contribution is 6.09. The molecular weight excluding hydrogens is 354 g/mol. The summed E-state index contributed by atoms with van der Waals surface area (Å²) in [6.45, 7) is 12.1. The first-order chi connectivity index (χ1) is 13.4. The normalized spacial score (nSPS) is 15.3. The molecule has 1 aliphatic rings. The van der Waals surface area contributed by atoms with Crippen molar-refractivity contribution in [3.63, 3.8) is 0 Å². The maximum absolute atomic E-state index is 13.2. The molecule has 1 N–H and O–H groups in total. The van der Waals surface area contributed by atoms with Gasteiger partial charge in [0.2, 0.25) is 5.95 Å². The van der Waals surface area contributed by atoms with Crippen LogP contribution in [0.2, 0.25) is 0 Å². The highest BCUT2D eigenvalue weighted by atomic mass is 16.5. The van der Waals surface area contributed by atoms with Crippen molar-refractivity contribution in [3.8, 4) is 5.75 Å². The van der Waals surface area contributed by atoms with Crippen LogP contribution in [0.25, 0.3) is 0 Å². The molecule has 1 unspecified atom stereocenters. The van der Waals surface area contributed by atoms with E-state index in [-0.39, 0.29) is 12.0 Å². The lowest BCUT2D eigenvalue weighted by Gasteiger charge is -2.23. The average molecular weight is 382 g/mol. The first-order valence-corrected chi connectivity index (χ1v) is 9.64. The van der Waals surface area contributed by atoms with Gasteiger partial charge in [-0.25, -0.2) is 4.98 Å². The summed E-state index contributed by atoms with van der Waals surface area (Å²) in [6, 6.07) is 7.58. The third kappa shape index (κ3) is 4.18. The third-order valence-electron chi connectivity index (χ3n) is 4.76. The van der Waals surface area contributed by atoms with Gasteiger partial charge in [-0.05, 0) is 31.9 Å². The Morgan fingerprint density at radius 3 is 2.82 bits per heavy atom. The zero-order valence-electron chi connectivity index (χ0n) is 17.0. The van der Waals surface area contributed by atoms with E-state index < -0.39 is 0 Å². The Balaban J connectivity index is 1.90. The number of rotatable bonds is 6. The number of likely N-dealkylation sites (N-methyl/N-ethyl adjacent to an activating group) is 1. The highest BCUT2D eigenvalue weighted by Gasteiger charge is 2.28. The minimum Gasteiger partial charge on any atom is -0.490 e. The van der Waals surface area contributed by atoms with Gasteiger partial charge in [0.05, 0.1) is 0 Å². The predicted octanol–water partition coefficient (Wildman–Crippen LogP) is 3.24. The van der Waals surface area contributed by atoms with E-state index in [1.807, 2.05) is 43.1 Å². The first-order valence-electron chi connectivity index (χ1n) is 9.64. The summed E-state index contributed by atoms with van der Waals surface area (Å²) < 4.78 is 5.91. The Morgan fingerprint density at radius 2 is 2.11 bits per heavy atom. The molecule has 0 bridgehead atoms. The van der Waals surface area contributed by atoms with Gasteiger partial charge in [0, 0.05) is 44.6 Å². The van der Waals surface area contributed by atoms with Crippen LogP contribution in [0.5, 0.6) is 5.75 Å². The van der Waals surface area contributed by atoms with Crippen molar-refractivity contribution in [3.05, 3.63) is 42.9 Å². The zero-order chi connectivity index (χ0) is 20.3. The smallest absolute Gasteiger partial charge is 0.263 e. The van der Waals surface area contributed by atoms with Gasteiger partial charge >= 0.3 is 0 Å². The molecule has 149 valence electrons. The molecule has 1 aliphatic heterocycles. The van der Waals surface area contributed by atoms with Crippen LogP contribution in [0, 0.1) is 12.8 Å². The van der Waals surface area contributed by atoms with Gasteiger partial charge in [-0.3, -0.25) is 4.79 Å². The van der Waals surface area contributed by atoms with Crippen molar-refractivity contribution in [1.29, 1.82) is 0 Å². The van der Waals surface area contributed by atoms with Crippen molar-refractivity contribution in [2.24, 2.45) is 5.92 Å². The van der Waals surface area contributed by atoms with Gasteiger partial charge < -0.3 is 19.9 Å². The molecular formula is C21H28N5O2. The number of ether oxygens (including phenoxy) is 1. The Morgan fingerprint density at radius 1 is 1.32 bits per heavy atom. The van der Waals surface area contributed by atoms with E-state index in [0.29, 0.717) is 42.1 Å². The van der Waals surface area contributed by atoms with E-state index >= 15 is 0 Å². The van der Waals surface area contributed by atoms with E-state index in [2.05, 4.69) is 36.1 Å². The van der Waals surface area contributed by atoms with Crippen molar-refractivity contribution < 1.29 is 9.53 Å². The molecule has 0 saturated carbocycles. The maximum Gasteiger partial charge on any atom is 0.263 e. The molecule has 7 nitrogen and oxygen atoms in total. The predicted molar refractivity (Wildman–Crippen MR) is 112 cm³/mol. The summed E-state index contributed by atoms with van der Waals surface area (Å²) in [5.74, 6) is 2.06. The van der Waals surface area contributed by atoms with Gasteiger partial charge in [0.1, 0.15) is 23.2 Å². The number of carbonyl (C=O) groups excluding carboxylic acids is 1. The van der Waals surface area contributed by atoms with E-state index in [4.69, 9.17) is 4.74 Å². The topological polar surface area (TPSA) is 70.6 Å². The third-order valence-corrected chi connectivity index (χ3v) is 4.76. The van der Waals surface area contributed by atoms with E-state index in [9.17, 15) is 4.79 Å². The van der Waals surface area contributed by atoms with Crippen molar-refractivity contribution in [2.45, 2.75) is 26.9 Å². The van der Waals surface area contributed by atoms with E-state index in [1.165, 1.54) is 0 Å². The second-order valence-corrected chi connectivity index (χ2v) is 7.24. The molecule has 7 heteroatoms. The minimum absolute atomic E-state index is 0.116. The summed E-state index contributed by atoms with van der Waals surface area (Å²) >= 11 is 0. The van der Waals surface area contributed by atoms with Crippen molar-refractivity contribution in [1.82, 2.24) is 9.97 Å². The summed E-state index contributed by atoms with van der Waals surface area (Å²) in [4.78, 5) is 25.8. The Kier molecular flexibility index (Phi) is 6.02. The zero-order valence-corrected chi connectivity index (χ0v) is 17.0.